The summed E-state index contributed by atoms with van der Waals surface area (Å²) in [6, 6.07) is 17.8. The number of anilines is 1. The number of carbonyl (C=O) groups is 2. The number of hydrazone groups is 1. The molecule has 3 rings (SSSR count). The second-order valence-corrected chi connectivity index (χ2v) is 6.91. The highest BCUT2D eigenvalue weighted by atomic mass is 19.1. The van der Waals surface area contributed by atoms with Crippen LogP contribution in [0.25, 0.3) is 0 Å². The summed E-state index contributed by atoms with van der Waals surface area (Å²) in [6.45, 7) is 2.49. The summed E-state index contributed by atoms with van der Waals surface area (Å²) in [5.74, 6) is -0.728. The second-order valence-electron chi connectivity index (χ2n) is 6.91. The Morgan fingerprint density at radius 1 is 0.941 bits per heavy atom. The van der Waals surface area contributed by atoms with E-state index in [0.29, 0.717) is 35.1 Å². The normalized spacial score (nSPS) is 10.6. The highest BCUT2D eigenvalue weighted by molar-refractivity contribution is 6.39. The van der Waals surface area contributed by atoms with Crippen molar-refractivity contribution in [3.05, 3.63) is 83.7 Å². The van der Waals surface area contributed by atoms with Crippen LogP contribution in [0.15, 0.2) is 71.8 Å². The van der Waals surface area contributed by atoms with E-state index in [-0.39, 0.29) is 12.4 Å². The summed E-state index contributed by atoms with van der Waals surface area (Å²) < 4.78 is 29.6. The van der Waals surface area contributed by atoms with E-state index in [9.17, 15) is 14.0 Å². The third kappa shape index (κ3) is 6.80. The summed E-state index contributed by atoms with van der Waals surface area (Å²) in [5, 5.41) is 6.30. The van der Waals surface area contributed by atoms with E-state index in [2.05, 4.69) is 15.8 Å². The van der Waals surface area contributed by atoms with Crippen molar-refractivity contribution in [1.29, 1.82) is 0 Å². The summed E-state index contributed by atoms with van der Waals surface area (Å²) in [5.41, 5.74) is 3.97. The average molecular weight is 465 g/mol. The Kier molecular flexibility index (Phi) is 8.56. The zero-order valence-corrected chi connectivity index (χ0v) is 18.7. The maximum atomic E-state index is 13.1. The molecule has 3 aromatic rings. The largest absolute Gasteiger partial charge is 0.495 e. The molecule has 2 amide bonds. The van der Waals surface area contributed by atoms with Crippen LogP contribution < -0.4 is 25.0 Å². The molecule has 2 N–H and O–H groups in total. The molecule has 8 nitrogen and oxygen atoms in total. The van der Waals surface area contributed by atoms with E-state index >= 15 is 0 Å². The fourth-order valence-corrected chi connectivity index (χ4v) is 2.88. The number of hydrogen-bond donors (Lipinski definition) is 2. The SMILES string of the molecule is CCOc1cc(/C=N\NC(=O)C(=O)Nc2ccccc2OC)ccc1OCc1ccc(F)cc1. The van der Waals surface area contributed by atoms with Gasteiger partial charge in [0.25, 0.3) is 0 Å². The van der Waals surface area contributed by atoms with Crippen LogP contribution in [0.2, 0.25) is 0 Å². The van der Waals surface area contributed by atoms with Gasteiger partial charge in [-0.15, -0.1) is 0 Å². The van der Waals surface area contributed by atoms with Crippen LogP contribution in [0.5, 0.6) is 17.2 Å². The maximum absolute atomic E-state index is 13.1. The van der Waals surface area contributed by atoms with Gasteiger partial charge in [0.2, 0.25) is 0 Å². The van der Waals surface area contributed by atoms with Crippen LogP contribution >= 0.6 is 0 Å². The number of amides is 2. The van der Waals surface area contributed by atoms with Gasteiger partial charge in [0, 0.05) is 0 Å². The van der Waals surface area contributed by atoms with Gasteiger partial charge < -0.3 is 19.5 Å². The van der Waals surface area contributed by atoms with Gasteiger partial charge in [0.05, 0.1) is 25.6 Å². The molecule has 0 fully saturated rings. The lowest BCUT2D eigenvalue weighted by Gasteiger charge is -2.12. The predicted octanol–water partition coefficient (Wildman–Crippen LogP) is 3.90. The number of rotatable bonds is 9. The first-order valence-corrected chi connectivity index (χ1v) is 10.4. The zero-order valence-electron chi connectivity index (χ0n) is 18.7. The Bertz CT molecular complexity index is 1170. The Balaban J connectivity index is 1.60. The van der Waals surface area contributed by atoms with Crippen LogP contribution in [0.1, 0.15) is 18.1 Å². The maximum Gasteiger partial charge on any atom is 0.329 e. The third-order valence-corrected chi connectivity index (χ3v) is 4.52. The van der Waals surface area contributed by atoms with Gasteiger partial charge in [-0.3, -0.25) is 9.59 Å². The van der Waals surface area contributed by atoms with E-state index < -0.39 is 11.8 Å². The lowest BCUT2D eigenvalue weighted by molar-refractivity contribution is -0.136. The molecule has 0 spiro atoms. The molecule has 0 saturated heterocycles. The van der Waals surface area contributed by atoms with E-state index in [1.54, 1.807) is 54.6 Å². The number of benzene rings is 3. The van der Waals surface area contributed by atoms with Gasteiger partial charge in [-0.2, -0.15) is 5.10 Å². The molecule has 3 aromatic carbocycles. The summed E-state index contributed by atoms with van der Waals surface area (Å²) in [7, 11) is 1.46. The van der Waals surface area contributed by atoms with Gasteiger partial charge in [0.1, 0.15) is 18.2 Å². The number of para-hydroxylation sites is 2. The molecule has 9 heteroatoms. The lowest BCUT2D eigenvalue weighted by atomic mass is 10.2. The molecule has 0 atom stereocenters. The topological polar surface area (TPSA) is 98.2 Å². The molecule has 0 unspecified atom stereocenters. The summed E-state index contributed by atoms with van der Waals surface area (Å²) in [6.07, 6.45) is 1.38. The second kappa shape index (κ2) is 12.0. The lowest BCUT2D eigenvalue weighted by Crippen LogP contribution is -2.32. The van der Waals surface area contributed by atoms with Crippen molar-refractivity contribution in [2.75, 3.05) is 19.0 Å². The number of carbonyl (C=O) groups excluding carboxylic acids is 2. The molecular weight excluding hydrogens is 441 g/mol. The zero-order chi connectivity index (χ0) is 24.3. The first-order valence-electron chi connectivity index (χ1n) is 10.4. The van der Waals surface area contributed by atoms with E-state index in [1.807, 2.05) is 6.92 Å². The summed E-state index contributed by atoms with van der Waals surface area (Å²) >= 11 is 0. The first kappa shape index (κ1) is 24.2. The van der Waals surface area contributed by atoms with E-state index in [1.165, 1.54) is 25.5 Å². The monoisotopic (exact) mass is 465 g/mol. The van der Waals surface area contributed by atoms with Gasteiger partial charge in [0.15, 0.2) is 11.5 Å². The molecule has 34 heavy (non-hydrogen) atoms. The van der Waals surface area contributed by atoms with E-state index in [0.717, 1.165) is 5.56 Å². The molecular formula is C25H24FN3O5. The summed E-state index contributed by atoms with van der Waals surface area (Å²) in [4.78, 5) is 24.2. The third-order valence-electron chi connectivity index (χ3n) is 4.52. The Morgan fingerprint density at radius 2 is 1.71 bits per heavy atom. The van der Waals surface area contributed by atoms with Crippen molar-refractivity contribution >= 4 is 23.7 Å². The molecule has 0 aromatic heterocycles. The van der Waals surface area contributed by atoms with Crippen LogP contribution in [0.3, 0.4) is 0 Å². The van der Waals surface area contributed by atoms with Gasteiger partial charge >= 0.3 is 11.8 Å². The van der Waals surface area contributed by atoms with Gasteiger partial charge in [-0.05, 0) is 60.5 Å². The van der Waals surface area contributed by atoms with Crippen LogP contribution in [0, 0.1) is 5.82 Å². The first-order chi connectivity index (χ1) is 16.5. The van der Waals surface area contributed by atoms with Crippen LogP contribution in [0.4, 0.5) is 10.1 Å². The van der Waals surface area contributed by atoms with Crippen molar-refractivity contribution in [2.24, 2.45) is 5.10 Å². The fourth-order valence-electron chi connectivity index (χ4n) is 2.88. The molecule has 176 valence electrons. The van der Waals surface area contributed by atoms with E-state index in [4.69, 9.17) is 14.2 Å². The molecule has 0 aliphatic heterocycles. The molecule has 0 heterocycles. The molecule has 0 aliphatic carbocycles. The number of hydrogen-bond acceptors (Lipinski definition) is 6. The number of methoxy groups -OCH3 is 1. The Morgan fingerprint density at radius 3 is 2.44 bits per heavy atom. The van der Waals surface area contributed by atoms with Crippen molar-refractivity contribution in [3.8, 4) is 17.2 Å². The van der Waals surface area contributed by atoms with Crippen LogP contribution in [-0.2, 0) is 16.2 Å². The minimum atomic E-state index is -0.938. The quantitative estimate of drug-likeness (QED) is 0.284. The van der Waals surface area contributed by atoms with Crippen molar-refractivity contribution < 1.29 is 28.2 Å². The van der Waals surface area contributed by atoms with Gasteiger partial charge in [-0.1, -0.05) is 24.3 Å². The minimum absolute atomic E-state index is 0.241. The van der Waals surface area contributed by atoms with Gasteiger partial charge in [-0.25, -0.2) is 9.82 Å². The van der Waals surface area contributed by atoms with Crippen molar-refractivity contribution in [3.63, 3.8) is 0 Å². The molecule has 0 bridgehead atoms. The number of nitrogens with one attached hydrogen (secondary N) is 2. The minimum Gasteiger partial charge on any atom is -0.495 e. The smallest absolute Gasteiger partial charge is 0.329 e. The fraction of sp³-hybridized carbons (Fsp3) is 0.160. The van der Waals surface area contributed by atoms with Crippen LogP contribution in [-0.4, -0.2) is 31.7 Å². The predicted molar refractivity (Wildman–Crippen MR) is 126 cm³/mol. The van der Waals surface area contributed by atoms with Crippen molar-refractivity contribution in [1.82, 2.24) is 5.43 Å². The average Bonchev–Trinajstić information content (AvgIpc) is 2.85. The highest BCUT2D eigenvalue weighted by Crippen LogP contribution is 2.29. The Hall–Kier alpha value is -4.40. The standard InChI is InChI=1S/C25H24FN3O5/c1-3-33-23-14-18(10-13-22(23)34-16-17-8-11-19(26)12-9-17)15-27-29-25(31)24(30)28-20-6-4-5-7-21(20)32-2/h4-15H,3,16H2,1-2H3,(H,28,30)(H,29,31)/b27-15-. The number of ether oxygens (including phenoxy) is 3. The molecule has 0 saturated carbocycles. The van der Waals surface area contributed by atoms with Crippen molar-refractivity contribution in [2.45, 2.75) is 13.5 Å². The molecule has 0 aliphatic rings. The molecule has 0 radical (unpaired) electrons. The number of nitrogens with zero attached hydrogens (tertiary/aromatic N) is 1. The highest BCUT2D eigenvalue weighted by Gasteiger charge is 2.15. The number of halogens is 1. The Labute approximate surface area is 196 Å².